The fourth-order valence-electron chi connectivity index (χ4n) is 0.571. The third kappa shape index (κ3) is 8.03. The van der Waals surface area contributed by atoms with E-state index in [1.54, 1.807) is 0 Å². The zero-order valence-electron chi connectivity index (χ0n) is 7.98. The van der Waals surface area contributed by atoms with Crippen LogP contribution in [0, 0.1) is 0 Å². The Bertz CT molecular complexity index is 153. The van der Waals surface area contributed by atoms with Crippen LogP contribution >= 0.6 is 34.8 Å². The summed E-state index contributed by atoms with van der Waals surface area (Å²) in [5.41, 5.74) is 0. The predicted molar refractivity (Wildman–Crippen MR) is 60.4 cm³/mol. The van der Waals surface area contributed by atoms with Crippen LogP contribution in [0.25, 0.3) is 0 Å². The number of alkyl halides is 3. The van der Waals surface area contributed by atoms with Crippen LogP contribution in [0.4, 0.5) is 0 Å². The second kappa shape index (κ2) is 5.19. The molecule has 0 saturated carbocycles. The van der Waals surface area contributed by atoms with E-state index in [-0.39, 0.29) is 0 Å². The van der Waals surface area contributed by atoms with Gasteiger partial charge in [0.1, 0.15) is 0 Å². The van der Waals surface area contributed by atoms with Gasteiger partial charge in [0.2, 0.25) is 10.1 Å². The van der Waals surface area contributed by atoms with Gasteiger partial charge in [-0.1, -0.05) is 54.4 Å². The zero-order chi connectivity index (χ0) is 10.7. The van der Waals surface area contributed by atoms with Crippen LogP contribution in [0.2, 0.25) is 25.7 Å². The maximum absolute atomic E-state index is 9.18. The van der Waals surface area contributed by atoms with Gasteiger partial charge in [0.25, 0.3) is 0 Å². The van der Waals surface area contributed by atoms with Gasteiger partial charge in [0.15, 0.2) is 0 Å². The first-order valence-electron chi connectivity index (χ1n) is 3.99. The third-order valence-electron chi connectivity index (χ3n) is 1.41. The van der Waals surface area contributed by atoms with Gasteiger partial charge in [-0.15, -0.1) is 0 Å². The van der Waals surface area contributed by atoms with Crippen LogP contribution in [0.15, 0.2) is 0 Å². The van der Waals surface area contributed by atoms with E-state index in [0.29, 0.717) is 6.61 Å². The summed E-state index contributed by atoms with van der Waals surface area (Å²) in [5, 5.41) is 9.18. The molecule has 0 aliphatic carbocycles. The van der Waals surface area contributed by atoms with E-state index >= 15 is 0 Å². The Labute approximate surface area is 95.1 Å². The summed E-state index contributed by atoms with van der Waals surface area (Å²) in [4.78, 5) is 0. The van der Waals surface area contributed by atoms with E-state index in [4.69, 9.17) is 39.5 Å². The molecular weight excluding hydrogens is 251 g/mol. The number of ether oxygens (including phenoxy) is 1. The van der Waals surface area contributed by atoms with Gasteiger partial charge in [0, 0.05) is 14.7 Å². The average Bonchev–Trinajstić information content (AvgIpc) is 1.82. The molecular formula is C7H15Cl3O2Si. The van der Waals surface area contributed by atoms with Crippen LogP contribution in [-0.4, -0.2) is 29.9 Å². The molecule has 80 valence electrons. The van der Waals surface area contributed by atoms with Crippen LogP contribution in [0.1, 0.15) is 0 Å². The van der Waals surface area contributed by atoms with Crippen LogP contribution in [-0.2, 0) is 4.74 Å². The Morgan fingerprint density at radius 3 is 2.08 bits per heavy atom. The van der Waals surface area contributed by atoms with E-state index in [1.807, 2.05) is 0 Å². The van der Waals surface area contributed by atoms with Crippen molar-refractivity contribution in [1.82, 2.24) is 0 Å². The van der Waals surface area contributed by atoms with E-state index in [2.05, 4.69) is 19.6 Å². The highest BCUT2D eigenvalue weighted by Crippen LogP contribution is 2.30. The van der Waals surface area contributed by atoms with Crippen LogP contribution in [0.5, 0.6) is 0 Å². The Morgan fingerprint density at radius 1 is 1.31 bits per heavy atom. The SMILES string of the molecule is C[Si](C)(C)CCOC(O)C(Cl)(Cl)Cl. The molecule has 0 aromatic heterocycles. The van der Waals surface area contributed by atoms with Gasteiger partial charge in [-0.25, -0.2) is 0 Å². The van der Waals surface area contributed by atoms with E-state index < -0.39 is 18.2 Å². The summed E-state index contributed by atoms with van der Waals surface area (Å²) in [6.45, 7) is 7.05. The monoisotopic (exact) mass is 264 g/mol. The van der Waals surface area contributed by atoms with Crippen molar-refractivity contribution in [2.75, 3.05) is 6.61 Å². The van der Waals surface area contributed by atoms with Crippen molar-refractivity contribution < 1.29 is 9.84 Å². The summed E-state index contributed by atoms with van der Waals surface area (Å²) in [7, 11) is -1.15. The molecule has 0 aliphatic heterocycles. The van der Waals surface area contributed by atoms with Crippen molar-refractivity contribution in [3.05, 3.63) is 0 Å². The second-order valence-electron chi connectivity index (χ2n) is 4.08. The van der Waals surface area contributed by atoms with Crippen molar-refractivity contribution in [2.24, 2.45) is 0 Å². The van der Waals surface area contributed by atoms with Gasteiger partial charge < -0.3 is 9.84 Å². The minimum absolute atomic E-state index is 0.435. The van der Waals surface area contributed by atoms with Gasteiger partial charge in [0.05, 0.1) is 0 Å². The molecule has 0 spiro atoms. The Morgan fingerprint density at radius 2 is 1.77 bits per heavy atom. The van der Waals surface area contributed by atoms with E-state index in [9.17, 15) is 5.11 Å². The van der Waals surface area contributed by atoms with Crippen molar-refractivity contribution in [2.45, 2.75) is 35.8 Å². The standard InChI is InChI=1S/C7H15Cl3O2Si/c1-13(2,3)5-4-12-6(11)7(8,9)10/h6,11H,4-5H2,1-3H3. The quantitative estimate of drug-likeness (QED) is 0.481. The summed E-state index contributed by atoms with van der Waals surface area (Å²) < 4.78 is 3.23. The molecule has 1 atom stereocenters. The van der Waals surface area contributed by atoms with Gasteiger partial charge in [-0.2, -0.15) is 0 Å². The first-order valence-corrected chi connectivity index (χ1v) is 8.83. The van der Waals surface area contributed by atoms with E-state index in [0.717, 1.165) is 6.04 Å². The molecule has 0 saturated heterocycles. The van der Waals surface area contributed by atoms with Crippen molar-refractivity contribution in [3.8, 4) is 0 Å². The van der Waals surface area contributed by atoms with Gasteiger partial charge >= 0.3 is 0 Å². The molecule has 0 aromatic carbocycles. The number of halogens is 3. The number of hydrogen-bond donors (Lipinski definition) is 1. The van der Waals surface area contributed by atoms with Crippen molar-refractivity contribution in [1.29, 1.82) is 0 Å². The topological polar surface area (TPSA) is 29.5 Å². The van der Waals surface area contributed by atoms with Crippen molar-refractivity contribution in [3.63, 3.8) is 0 Å². The largest absolute Gasteiger partial charge is 0.365 e. The minimum atomic E-state index is -1.75. The summed E-state index contributed by atoms with van der Waals surface area (Å²) in [5.74, 6) is 0. The molecule has 13 heavy (non-hydrogen) atoms. The highest BCUT2D eigenvalue weighted by atomic mass is 35.6. The van der Waals surface area contributed by atoms with Gasteiger partial charge in [-0.3, -0.25) is 0 Å². The zero-order valence-corrected chi connectivity index (χ0v) is 11.2. The molecule has 0 rings (SSSR count). The lowest BCUT2D eigenvalue weighted by Gasteiger charge is -2.21. The van der Waals surface area contributed by atoms with Gasteiger partial charge in [-0.05, 0) is 6.04 Å². The molecule has 0 fully saturated rings. The molecule has 0 aliphatic rings. The van der Waals surface area contributed by atoms with E-state index in [1.165, 1.54) is 0 Å². The summed E-state index contributed by atoms with van der Waals surface area (Å²) in [6.07, 6.45) is -1.34. The summed E-state index contributed by atoms with van der Waals surface area (Å²) in [6, 6.07) is 0.935. The second-order valence-corrected chi connectivity index (χ2v) is 12.1. The number of aliphatic hydroxyl groups excluding tert-OH is 1. The molecule has 0 heterocycles. The fourth-order valence-corrected chi connectivity index (χ4v) is 1.49. The third-order valence-corrected chi connectivity index (χ3v) is 3.67. The first kappa shape index (κ1) is 14.0. The van der Waals surface area contributed by atoms with Crippen LogP contribution in [0.3, 0.4) is 0 Å². The Balaban J connectivity index is 3.67. The van der Waals surface area contributed by atoms with Crippen LogP contribution < -0.4 is 0 Å². The Hall–Kier alpha value is 1.01. The highest BCUT2D eigenvalue weighted by Gasteiger charge is 2.31. The molecule has 0 radical (unpaired) electrons. The number of aliphatic hydroxyl groups is 1. The Kier molecular flexibility index (Phi) is 5.59. The fraction of sp³-hybridized carbons (Fsp3) is 1.00. The average molecular weight is 266 g/mol. The molecule has 2 nitrogen and oxygen atoms in total. The smallest absolute Gasteiger partial charge is 0.240 e. The first-order chi connectivity index (χ1) is 5.63. The van der Waals surface area contributed by atoms with Crippen molar-refractivity contribution >= 4 is 42.9 Å². The maximum Gasteiger partial charge on any atom is 0.240 e. The molecule has 0 aromatic rings. The maximum atomic E-state index is 9.18. The molecule has 1 unspecified atom stereocenters. The minimum Gasteiger partial charge on any atom is -0.365 e. The molecule has 6 heteroatoms. The lowest BCUT2D eigenvalue weighted by Crippen LogP contribution is -2.31. The molecule has 1 N–H and O–H groups in total. The summed E-state index contributed by atoms with van der Waals surface area (Å²) >= 11 is 16.2. The lowest BCUT2D eigenvalue weighted by molar-refractivity contribution is -0.0907. The molecule has 0 amide bonds. The highest BCUT2D eigenvalue weighted by molar-refractivity contribution is 6.76. The molecule has 0 bridgehead atoms. The predicted octanol–water partition coefficient (Wildman–Crippen LogP) is 3.03. The normalized spacial score (nSPS) is 15.9. The number of hydrogen-bond acceptors (Lipinski definition) is 2. The lowest BCUT2D eigenvalue weighted by atomic mass is 10.7. The number of rotatable bonds is 4.